The maximum atomic E-state index is 12.4. The molecule has 1 atom stereocenters. The first-order valence-electron chi connectivity index (χ1n) is 7.06. The van der Waals surface area contributed by atoms with Crippen molar-refractivity contribution in [1.82, 2.24) is 5.32 Å². The molecule has 0 saturated carbocycles. The Morgan fingerprint density at radius 1 is 1.30 bits per heavy atom. The smallest absolute Gasteiger partial charge is 0.310 e. The number of benzene rings is 2. The van der Waals surface area contributed by atoms with Crippen LogP contribution < -0.4 is 5.32 Å². The molecule has 0 bridgehead atoms. The van der Waals surface area contributed by atoms with Gasteiger partial charge in [0.1, 0.15) is 0 Å². The summed E-state index contributed by atoms with van der Waals surface area (Å²) >= 11 is 1.76. The number of nitrogens with zero attached hydrogens (tertiary/aromatic N) is 1. The minimum Gasteiger partial charge on any atom is -0.502 e. The molecule has 0 spiro atoms. The number of thioether (sulfide) groups is 1. The lowest BCUT2D eigenvalue weighted by Gasteiger charge is -2.25. The molecule has 1 unspecified atom stereocenters. The SMILES string of the molecule is O=C(NC1CCSc2ccccc21)c1ccc([N+](=O)[O-])c(O)c1. The number of fused-ring (bicyclic) bond motifs is 1. The van der Waals surface area contributed by atoms with Crippen molar-refractivity contribution in [2.45, 2.75) is 17.4 Å². The second-order valence-electron chi connectivity index (χ2n) is 5.16. The van der Waals surface area contributed by atoms with Crippen LogP contribution in [0.4, 0.5) is 5.69 Å². The fraction of sp³-hybridized carbons (Fsp3) is 0.188. The van der Waals surface area contributed by atoms with Gasteiger partial charge in [-0.05, 0) is 30.2 Å². The fourth-order valence-electron chi connectivity index (χ4n) is 2.55. The summed E-state index contributed by atoms with van der Waals surface area (Å²) in [5.41, 5.74) is 0.855. The molecule has 7 heteroatoms. The molecule has 23 heavy (non-hydrogen) atoms. The number of carbonyl (C=O) groups is 1. The van der Waals surface area contributed by atoms with Crippen molar-refractivity contribution in [2.24, 2.45) is 0 Å². The molecule has 1 amide bonds. The van der Waals surface area contributed by atoms with Crippen molar-refractivity contribution in [2.75, 3.05) is 5.75 Å². The summed E-state index contributed by atoms with van der Waals surface area (Å²) in [7, 11) is 0. The molecule has 0 radical (unpaired) electrons. The third kappa shape index (κ3) is 3.14. The number of rotatable bonds is 3. The van der Waals surface area contributed by atoms with Crippen LogP contribution in [0.15, 0.2) is 47.4 Å². The maximum absolute atomic E-state index is 12.4. The zero-order valence-corrected chi connectivity index (χ0v) is 12.9. The van der Waals surface area contributed by atoms with Gasteiger partial charge in [-0.3, -0.25) is 14.9 Å². The number of nitrogens with one attached hydrogen (secondary N) is 1. The van der Waals surface area contributed by atoms with Crippen molar-refractivity contribution in [3.05, 3.63) is 63.7 Å². The normalized spacial score (nSPS) is 16.4. The standard InChI is InChI=1S/C16H14N2O4S/c19-14-9-10(5-6-13(14)18(21)22)16(20)17-12-7-8-23-15-4-2-1-3-11(12)15/h1-6,9,12,19H,7-8H2,(H,17,20). The molecule has 2 aromatic rings. The second kappa shape index (κ2) is 6.29. The van der Waals surface area contributed by atoms with Crippen molar-refractivity contribution in [3.8, 4) is 5.75 Å². The average molecular weight is 330 g/mol. The first kappa shape index (κ1) is 15.4. The Kier molecular flexibility index (Phi) is 4.20. The summed E-state index contributed by atoms with van der Waals surface area (Å²) in [6.45, 7) is 0. The van der Waals surface area contributed by atoms with E-state index in [-0.39, 0.29) is 17.5 Å². The highest BCUT2D eigenvalue weighted by molar-refractivity contribution is 7.99. The van der Waals surface area contributed by atoms with E-state index in [0.717, 1.165) is 34.8 Å². The lowest BCUT2D eigenvalue weighted by atomic mass is 10.0. The second-order valence-corrected chi connectivity index (χ2v) is 6.30. The minimum atomic E-state index is -0.689. The molecule has 2 aromatic carbocycles. The zero-order chi connectivity index (χ0) is 16.4. The average Bonchev–Trinajstić information content (AvgIpc) is 2.54. The van der Waals surface area contributed by atoms with Crippen LogP contribution >= 0.6 is 11.8 Å². The number of aromatic hydroxyl groups is 1. The van der Waals surface area contributed by atoms with E-state index in [1.807, 2.05) is 24.3 Å². The third-order valence-corrected chi connectivity index (χ3v) is 4.82. The van der Waals surface area contributed by atoms with Crippen LogP contribution in [0.3, 0.4) is 0 Å². The van der Waals surface area contributed by atoms with E-state index in [2.05, 4.69) is 5.32 Å². The fourth-order valence-corrected chi connectivity index (χ4v) is 3.68. The van der Waals surface area contributed by atoms with Gasteiger partial charge in [-0.1, -0.05) is 18.2 Å². The van der Waals surface area contributed by atoms with Crippen molar-refractivity contribution >= 4 is 23.4 Å². The molecule has 0 saturated heterocycles. The first-order valence-corrected chi connectivity index (χ1v) is 8.05. The molecule has 0 aromatic heterocycles. The van der Waals surface area contributed by atoms with E-state index >= 15 is 0 Å². The Hall–Kier alpha value is -2.54. The highest BCUT2D eigenvalue weighted by Crippen LogP contribution is 2.36. The summed E-state index contributed by atoms with van der Waals surface area (Å²) in [4.78, 5) is 23.5. The highest BCUT2D eigenvalue weighted by atomic mass is 32.2. The number of phenols is 1. The van der Waals surface area contributed by atoms with Crippen molar-refractivity contribution in [3.63, 3.8) is 0 Å². The van der Waals surface area contributed by atoms with Gasteiger partial charge in [0.15, 0.2) is 5.75 Å². The van der Waals surface area contributed by atoms with Crippen LogP contribution in [-0.4, -0.2) is 21.7 Å². The molecule has 1 aliphatic rings. The molecule has 2 N–H and O–H groups in total. The van der Waals surface area contributed by atoms with Gasteiger partial charge >= 0.3 is 5.69 Å². The summed E-state index contributed by atoms with van der Waals surface area (Å²) < 4.78 is 0. The number of hydrogen-bond acceptors (Lipinski definition) is 5. The molecule has 6 nitrogen and oxygen atoms in total. The van der Waals surface area contributed by atoms with Gasteiger partial charge in [0.2, 0.25) is 0 Å². The van der Waals surface area contributed by atoms with Crippen LogP contribution in [0.25, 0.3) is 0 Å². The van der Waals surface area contributed by atoms with E-state index in [4.69, 9.17) is 0 Å². The lowest BCUT2D eigenvalue weighted by Crippen LogP contribution is -2.30. The van der Waals surface area contributed by atoms with E-state index in [1.165, 1.54) is 6.07 Å². The Morgan fingerprint density at radius 2 is 2.09 bits per heavy atom. The predicted molar refractivity (Wildman–Crippen MR) is 86.8 cm³/mol. The van der Waals surface area contributed by atoms with Crippen LogP contribution in [-0.2, 0) is 0 Å². The largest absolute Gasteiger partial charge is 0.502 e. The van der Waals surface area contributed by atoms with Crippen molar-refractivity contribution < 1.29 is 14.8 Å². The van der Waals surface area contributed by atoms with E-state index in [9.17, 15) is 20.0 Å². The lowest BCUT2D eigenvalue weighted by molar-refractivity contribution is -0.385. The monoisotopic (exact) mass is 330 g/mol. The molecule has 1 heterocycles. The Bertz CT molecular complexity index is 778. The van der Waals surface area contributed by atoms with E-state index in [0.29, 0.717) is 0 Å². The van der Waals surface area contributed by atoms with Gasteiger partial charge in [-0.2, -0.15) is 0 Å². The highest BCUT2D eigenvalue weighted by Gasteiger charge is 2.23. The van der Waals surface area contributed by atoms with Crippen LogP contribution in [0.2, 0.25) is 0 Å². The number of phenolic OH excluding ortho intramolecular Hbond substituents is 1. The van der Waals surface area contributed by atoms with Crippen LogP contribution in [0, 0.1) is 10.1 Å². The summed E-state index contributed by atoms with van der Waals surface area (Å²) in [5.74, 6) is 0.0390. The molecule has 0 aliphatic carbocycles. The number of carbonyl (C=O) groups excluding carboxylic acids is 1. The number of nitro groups is 1. The molecule has 3 rings (SSSR count). The van der Waals surface area contributed by atoms with Gasteiger partial charge in [-0.15, -0.1) is 11.8 Å². The Labute approximate surface area is 136 Å². The maximum Gasteiger partial charge on any atom is 0.310 e. The number of nitro benzene ring substituents is 1. The van der Waals surface area contributed by atoms with Crippen LogP contribution in [0.1, 0.15) is 28.4 Å². The number of hydrogen-bond donors (Lipinski definition) is 2. The quantitative estimate of drug-likeness (QED) is 0.665. The van der Waals surface area contributed by atoms with Crippen molar-refractivity contribution in [1.29, 1.82) is 0 Å². The van der Waals surface area contributed by atoms with Gasteiger partial charge in [0.25, 0.3) is 5.91 Å². The Balaban J connectivity index is 1.80. The van der Waals surface area contributed by atoms with Crippen LogP contribution in [0.5, 0.6) is 5.75 Å². The molecular weight excluding hydrogens is 316 g/mol. The summed E-state index contributed by atoms with van der Waals surface area (Å²) in [6.07, 6.45) is 0.812. The summed E-state index contributed by atoms with van der Waals surface area (Å²) in [6, 6.07) is 11.4. The van der Waals surface area contributed by atoms with Gasteiger partial charge in [0.05, 0.1) is 11.0 Å². The van der Waals surface area contributed by atoms with Gasteiger partial charge < -0.3 is 10.4 Å². The summed E-state index contributed by atoms with van der Waals surface area (Å²) in [5, 5.41) is 23.3. The predicted octanol–water partition coefficient (Wildman–Crippen LogP) is 3.27. The van der Waals surface area contributed by atoms with E-state index < -0.39 is 16.4 Å². The topological polar surface area (TPSA) is 92.5 Å². The molecule has 118 valence electrons. The Morgan fingerprint density at radius 3 is 2.83 bits per heavy atom. The zero-order valence-electron chi connectivity index (χ0n) is 12.1. The van der Waals surface area contributed by atoms with E-state index in [1.54, 1.807) is 11.8 Å². The molecule has 1 aliphatic heterocycles. The molecule has 0 fully saturated rings. The number of amides is 1. The van der Waals surface area contributed by atoms with Gasteiger partial charge in [0, 0.05) is 22.3 Å². The first-order chi connectivity index (χ1) is 11.1. The third-order valence-electron chi connectivity index (χ3n) is 3.70. The minimum absolute atomic E-state index is 0.0997. The van der Waals surface area contributed by atoms with Gasteiger partial charge in [-0.25, -0.2) is 0 Å². The molecular formula is C16H14N2O4S.